The molecule has 4 rings (SSSR count). The quantitative estimate of drug-likeness (QED) is 0.192. The van der Waals surface area contributed by atoms with Gasteiger partial charge in [-0.15, -0.1) is 0 Å². The van der Waals surface area contributed by atoms with E-state index in [4.69, 9.17) is 9.47 Å². The van der Waals surface area contributed by atoms with E-state index in [0.29, 0.717) is 35.5 Å². The Morgan fingerprint density at radius 1 is 0.650 bits per heavy atom. The molecule has 0 radical (unpaired) electrons. The number of ether oxygens (including phenoxy) is 2. The number of hydrogen-bond donors (Lipinski definition) is 1. The second-order valence-electron chi connectivity index (χ2n) is 9.21. The minimum absolute atomic E-state index is 0.105. The standard InChI is InChI=1S/C17H18O3.C17H16O3/c2*1-3-20-17(19)16-9-13(11-18)8-15(10-16)14-6-4-12(2)5-7-14/h4-10,18H,3,11H2,1-2H3;4-11H,3H2,1-2H3. The van der Waals surface area contributed by atoms with E-state index in [9.17, 15) is 19.5 Å². The summed E-state index contributed by atoms with van der Waals surface area (Å²) in [6.45, 7) is 8.10. The van der Waals surface area contributed by atoms with E-state index in [1.807, 2.05) is 68.4 Å². The van der Waals surface area contributed by atoms with Crippen LogP contribution in [0.25, 0.3) is 22.3 Å². The molecular weight excluding hydrogens is 504 g/mol. The third kappa shape index (κ3) is 8.22. The van der Waals surface area contributed by atoms with Gasteiger partial charge in [0.15, 0.2) is 0 Å². The number of esters is 2. The molecule has 0 aliphatic rings. The summed E-state index contributed by atoms with van der Waals surface area (Å²) in [7, 11) is 0. The third-order valence-corrected chi connectivity index (χ3v) is 6.06. The van der Waals surface area contributed by atoms with Crippen LogP contribution in [0.3, 0.4) is 0 Å². The van der Waals surface area contributed by atoms with Gasteiger partial charge in [-0.05, 0) is 91.9 Å². The maximum absolute atomic E-state index is 11.8. The van der Waals surface area contributed by atoms with Crippen molar-refractivity contribution in [3.63, 3.8) is 0 Å². The minimum atomic E-state index is -0.412. The lowest BCUT2D eigenvalue weighted by Gasteiger charge is -2.09. The number of carbonyl (C=O) groups excluding carboxylic acids is 3. The Hall–Kier alpha value is -4.55. The Balaban J connectivity index is 0.000000220. The predicted octanol–water partition coefficient (Wildman–Crippen LogP) is 6.98. The molecule has 0 aliphatic heterocycles. The number of aldehydes is 1. The van der Waals surface area contributed by atoms with Crippen LogP contribution in [-0.4, -0.2) is 36.5 Å². The fraction of sp³-hybridized carbons (Fsp3) is 0.206. The molecule has 4 aromatic rings. The van der Waals surface area contributed by atoms with Crippen LogP contribution < -0.4 is 0 Å². The molecule has 0 spiro atoms. The van der Waals surface area contributed by atoms with Gasteiger partial charge in [-0.25, -0.2) is 9.59 Å². The zero-order valence-corrected chi connectivity index (χ0v) is 23.3. The van der Waals surface area contributed by atoms with E-state index in [1.165, 1.54) is 5.56 Å². The Morgan fingerprint density at radius 3 is 1.52 bits per heavy atom. The first kappa shape index (κ1) is 30.0. The SMILES string of the molecule is CCOC(=O)c1cc(C=O)cc(-c2ccc(C)cc2)c1.CCOC(=O)c1cc(CO)cc(-c2ccc(C)cc2)c1. The van der Waals surface area contributed by atoms with E-state index in [0.717, 1.165) is 34.1 Å². The van der Waals surface area contributed by atoms with E-state index >= 15 is 0 Å². The molecule has 6 heteroatoms. The monoisotopic (exact) mass is 538 g/mol. The summed E-state index contributed by atoms with van der Waals surface area (Å²) in [6, 6.07) is 26.4. The van der Waals surface area contributed by atoms with Gasteiger partial charge in [0.05, 0.1) is 30.9 Å². The van der Waals surface area contributed by atoms with Crippen LogP contribution in [-0.2, 0) is 16.1 Å². The fourth-order valence-electron chi connectivity index (χ4n) is 3.99. The first-order valence-corrected chi connectivity index (χ1v) is 13.1. The highest BCUT2D eigenvalue weighted by Crippen LogP contribution is 2.24. The van der Waals surface area contributed by atoms with Crippen molar-refractivity contribution in [3.8, 4) is 22.3 Å². The second-order valence-corrected chi connectivity index (χ2v) is 9.21. The van der Waals surface area contributed by atoms with Gasteiger partial charge in [0.2, 0.25) is 0 Å². The van der Waals surface area contributed by atoms with Crippen molar-refractivity contribution >= 4 is 18.2 Å². The molecule has 4 aromatic carbocycles. The number of hydrogen-bond acceptors (Lipinski definition) is 6. The van der Waals surface area contributed by atoms with Crippen LogP contribution in [0.2, 0.25) is 0 Å². The Labute approximate surface area is 235 Å². The van der Waals surface area contributed by atoms with Crippen LogP contribution in [0, 0.1) is 13.8 Å². The van der Waals surface area contributed by atoms with Crippen LogP contribution in [0.15, 0.2) is 84.9 Å². The smallest absolute Gasteiger partial charge is 0.338 e. The van der Waals surface area contributed by atoms with Crippen molar-refractivity contribution in [2.24, 2.45) is 0 Å². The third-order valence-electron chi connectivity index (χ3n) is 6.06. The number of rotatable bonds is 8. The Kier molecular flexibility index (Phi) is 10.9. The Bertz CT molecular complexity index is 1450. The summed E-state index contributed by atoms with van der Waals surface area (Å²) in [5.74, 6) is -0.777. The topological polar surface area (TPSA) is 89.9 Å². The van der Waals surface area contributed by atoms with Crippen LogP contribution in [0.5, 0.6) is 0 Å². The molecule has 0 aromatic heterocycles. The van der Waals surface area contributed by atoms with Gasteiger partial charge >= 0.3 is 11.9 Å². The summed E-state index contributed by atoms with van der Waals surface area (Å²) in [5.41, 5.74) is 8.07. The summed E-state index contributed by atoms with van der Waals surface area (Å²) in [6.07, 6.45) is 0.737. The van der Waals surface area contributed by atoms with Crippen LogP contribution >= 0.6 is 0 Å². The molecular formula is C34H34O6. The molecule has 206 valence electrons. The summed E-state index contributed by atoms with van der Waals surface area (Å²) in [5, 5.41) is 9.34. The predicted molar refractivity (Wildman–Crippen MR) is 156 cm³/mol. The van der Waals surface area contributed by atoms with Gasteiger partial charge in [0.25, 0.3) is 0 Å². The summed E-state index contributed by atoms with van der Waals surface area (Å²) < 4.78 is 10.00. The highest BCUT2D eigenvalue weighted by Gasteiger charge is 2.12. The zero-order chi connectivity index (χ0) is 29.1. The lowest BCUT2D eigenvalue weighted by Crippen LogP contribution is -2.05. The van der Waals surface area contributed by atoms with Gasteiger partial charge in [0, 0.05) is 5.56 Å². The molecule has 40 heavy (non-hydrogen) atoms. The number of benzene rings is 4. The fourth-order valence-corrected chi connectivity index (χ4v) is 3.99. The van der Waals surface area contributed by atoms with E-state index in [-0.39, 0.29) is 12.6 Å². The number of aryl methyl sites for hydroxylation is 2. The number of carbonyl (C=O) groups is 3. The highest BCUT2D eigenvalue weighted by molar-refractivity contribution is 5.94. The minimum Gasteiger partial charge on any atom is -0.462 e. The average Bonchev–Trinajstić information content (AvgIpc) is 2.98. The number of aliphatic hydroxyl groups excluding tert-OH is 1. The van der Waals surface area contributed by atoms with Crippen molar-refractivity contribution in [1.82, 2.24) is 0 Å². The maximum atomic E-state index is 11.8. The molecule has 1 N–H and O–H groups in total. The normalized spacial score (nSPS) is 10.2. The lowest BCUT2D eigenvalue weighted by atomic mass is 9.99. The Morgan fingerprint density at radius 2 is 1.10 bits per heavy atom. The molecule has 0 atom stereocenters. The van der Waals surface area contributed by atoms with Gasteiger partial charge < -0.3 is 14.6 Å². The summed E-state index contributed by atoms with van der Waals surface area (Å²) >= 11 is 0. The molecule has 0 saturated carbocycles. The molecule has 0 fully saturated rings. The van der Waals surface area contributed by atoms with Gasteiger partial charge in [-0.2, -0.15) is 0 Å². The maximum Gasteiger partial charge on any atom is 0.338 e. The molecule has 0 aliphatic carbocycles. The number of aliphatic hydroxyl groups is 1. The van der Waals surface area contributed by atoms with Crippen molar-refractivity contribution in [3.05, 3.63) is 118 Å². The van der Waals surface area contributed by atoms with Gasteiger partial charge in [-0.3, -0.25) is 4.79 Å². The first-order valence-electron chi connectivity index (χ1n) is 13.1. The average molecular weight is 539 g/mol. The van der Waals surface area contributed by atoms with Crippen molar-refractivity contribution in [1.29, 1.82) is 0 Å². The van der Waals surface area contributed by atoms with E-state index in [2.05, 4.69) is 0 Å². The van der Waals surface area contributed by atoms with E-state index < -0.39 is 5.97 Å². The van der Waals surface area contributed by atoms with E-state index in [1.54, 1.807) is 44.2 Å². The largest absolute Gasteiger partial charge is 0.462 e. The first-order chi connectivity index (χ1) is 19.3. The molecule has 0 heterocycles. The van der Waals surface area contributed by atoms with Gasteiger partial charge in [0.1, 0.15) is 6.29 Å². The molecule has 0 unspecified atom stereocenters. The second kappa shape index (κ2) is 14.6. The zero-order valence-electron chi connectivity index (χ0n) is 23.3. The van der Waals surface area contributed by atoms with Gasteiger partial charge in [-0.1, -0.05) is 59.7 Å². The molecule has 0 saturated heterocycles. The lowest BCUT2D eigenvalue weighted by molar-refractivity contribution is 0.0516. The van der Waals surface area contributed by atoms with Crippen LogP contribution in [0.1, 0.15) is 61.6 Å². The molecule has 0 bridgehead atoms. The summed E-state index contributed by atoms with van der Waals surface area (Å²) in [4.78, 5) is 34.7. The van der Waals surface area contributed by atoms with Crippen LogP contribution in [0.4, 0.5) is 0 Å². The van der Waals surface area contributed by atoms with Crippen molar-refractivity contribution in [2.45, 2.75) is 34.3 Å². The van der Waals surface area contributed by atoms with Crippen molar-refractivity contribution in [2.75, 3.05) is 13.2 Å². The highest BCUT2D eigenvalue weighted by atomic mass is 16.5. The molecule has 6 nitrogen and oxygen atoms in total. The molecule has 0 amide bonds. The van der Waals surface area contributed by atoms with Crippen molar-refractivity contribution < 1.29 is 29.0 Å².